The molecule has 7 heteroatoms. The number of benzene rings is 1. The fraction of sp³-hybridized carbons (Fsp3) is 0.267. The number of aromatic nitrogens is 2. The van der Waals surface area contributed by atoms with E-state index in [0.29, 0.717) is 27.7 Å². The topological polar surface area (TPSA) is 84.2 Å². The molecule has 0 aliphatic heterocycles. The lowest BCUT2D eigenvalue weighted by Crippen LogP contribution is -2.14. The zero-order valence-corrected chi connectivity index (χ0v) is 13.0. The molecule has 2 rings (SSSR count). The predicted octanol–water partition coefficient (Wildman–Crippen LogP) is 2.88. The third-order valence-electron chi connectivity index (χ3n) is 3.28. The number of aliphatic carboxylic acids is 1. The molecule has 0 aliphatic carbocycles. The van der Waals surface area contributed by atoms with Crippen LogP contribution in [0.4, 0.5) is 5.69 Å². The molecule has 0 spiro atoms. The highest BCUT2D eigenvalue weighted by Crippen LogP contribution is 2.22. The summed E-state index contributed by atoms with van der Waals surface area (Å²) in [5, 5.41) is 16.2. The molecule has 0 unspecified atom stereocenters. The lowest BCUT2D eigenvalue weighted by Gasteiger charge is -2.07. The minimum absolute atomic E-state index is 0.0279. The highest BCUT2D eigenvalue weighted by atomic mass is 35.5. The van der Waals surface area contributed by atoms with Gasteiger partial charge in [0.1, 0.15) is 0 Å². The van der Waals surface area contributed by atoms with Crippen LogP contribution in [0.1, 0.15) is 28.2 Å². The van der Waals surface area contributed by atoms with Crippen LogP contribution in [-0.2, 0) is 11.3 Å². The van der Waals surface area contributed by atoms with Gasteiger partial charge < -0.3 is 10.4 Å². The maximum absolute atomic E-state index is 12.3. The summed E-state index contributed by atoms with van der Waals surface area (Å²) < 4.78 is 1.58. The van der Waals surface area contributed by atoms with Crippen molar-refractivity contribution >= 4 is 29.2 Å². The van der Waals surface area contributed by atoms with Gasteiger partial charge in [-0.1, -0.05) is 23.7 Å². The van der Waals surface area contributed by atoms with Gasteiger partial charge in [-0.05, 0) is 26.0 Å². The van der Waals surface area contributed by atoms with Crippen LogP contribution < -0.4 is 5.32 Å². The Balaban J connectivity index is 2.21. The molecule has 1 heterocycles. The van der Waals surface area contributed by atoms with E-state index in [1.54, 1.807) is 42.8 Å². The Morgan fingerprint density at radius 3 is 2.64 bits per heavy atom. The Hall–Kier alpha value is -2.34. The molecule has 2 aromatic rings. The molecule has 2 N–H and O–H groups in total. The minimum Gasteiger partial charge on any atom is -0.481 e. The van der Waals surface area contributed by atoms with Crippen LogP contribution in [0.25, 0.3) is 0 Å². The van der Waals surface area contributed by atoms with Crippen LogP contribution in [0.3, 0.4) is 0 Å². The van der Waals surface area contributed by atoms with Crippen molar-refractivity contribution in [3.05, 3.63) is 46.2 Å². The second-order valence-corrected chi connectivity index (χ2v) is 5.25. The average Bonchev–Trinajstić information content (AvgIpc) is 2.73. The van der Waals surface area contributed by atoms with Crippen molar-refractivity contribution in [1.82, 2.24) is 9.78 Å². The average molecular weight is 322 g/mol. The fourth-order valence-corrected chi connectivity index (χ4v) is 2.34. The number of halogens is 1. The number of carboxylic acids is 1. The van der Waals surface area contributed by atoms with Crippen LogP contribution in [0, 0.1) is 13.8 Å². The fourth-order valence-electron chi connectivity index (χ4n) is 2.12. The molecule has 116 valence electrons. The summed E-state index contributed by atoms with van der Waals surface area (Å²) >= 11 is 6.01. The molecule has 0 aliphatic rings. The van der Waals surface area contributed by atoms with Gasteiger partial charge in [-0.25, -0.2) is 0 Å². The standard InChI is InChI=1S/C15H16ClN3O3/c1-9-14(10(2)19(18-9)8-7-13(20)21)17-15(22)11-5-3-4-6-12(11)16/h3-6H,7-8H2,1-2H3,(H,17,22)(H,20,21). The molecular weight excluding hydrogens is 306 g/mol. The number of carbonyl (C=O) groups excluding carboxylic acids is 1. The first kappa shape index (κ1) is 16.0. The molecular formula is C15H16ClN3O3. The second kappa shape index (κ2) is 6.62. The van der Waals surface area contributed by atoms with Crippen LogP contribution in [0.15, 0.2) is 24.3 Å². The summed E-state index contributed by atoms with van der Waals surface area (Å²) in [7, 11) is 0. The Labute approximate surface area is 132 Å². The van der Waals surface area contributed by atoms with E-state index in [2.05, 4.69) is 10.4 Å². The van der Waals surface area contributed by atoms with E-state index in [9.17, 15) is 9.59 Å². The third-order valence-corrected chi connectivity index (χ3v) is 3.61. The summed E-state index contributed by atoms with van der Waals surface area (Å²) in [4.78, 5) is 22.9. The maximum atomic E-state index is 12.3. The van der Waals surface area contributed by atoms with E-state index < -0.39 is 5.97 Å². The zero-order valence-electron chi connectivity index (χ0n) is 12.3. The van der Waals surface area contributed by atoms with Crippen molar-refractivity contribution in [3.8, 4) is 0 Å². The monoisotopic (exact) mass is 321 g/mol. The van der Waals surface area contributed by atoms with E-state index in [1.807, 2.05) is 0 Å². The molecule has 0 saturated heterocycles. The minimum atomic E-state index is -0.894. The van der Waals surface area contributed by atoms with Crippen molar-refractivity contribution in [3.63, 3.8) is 0 Å². The smallest absolute Gasteiger partial charge is 0.305 e. The maximum Gasteiger partial charge on any atom is 0.305 e. The second-order valence-electron chi connectivity index (χ2n) is 4.85. The van der Waals surface area contributed by atoms with Crippen molar-refractivity contribution < 1.29 is 14.7 Å². The van der Waals surface area contributed by atoms with Gasteiger partial charge in [0, 0.05) is 0 Å². The first-order valence-electron chi connectivity index (χ1n) is 6.72. The van der Waals surface area contributed by atoms with E-state index in [-0.39, 0.29) is 18.9 Å². The molecule has 22 heavy (non-hydrogen) atoms. The Kier molecular flexibility index (Phi) is 4.82. The molecule has 0 fully saturated rings. The van der Waals surface area contributed by atoms with Crippen molar-refractivity contribution in [2.75, 3.05) is 5.32 Å². The van der Waals surface area contributed by atoms with Gasteiger partial charge in [-0.15, -0.1) is 0 Å². The number of hydrogen-bond donors (Lipinski definition) is 2. The number of aryl methyl sites for hydroxylation is 2. The van der Waals surface area contributed by atoms with Gasteiger partial charge in [0.15, 0.2) is 0 Å². The summed E-state index contributed by atoms with van der Waals surface area (Å²) in [6.07, 6.45) is -0.0279. The lowest BCUT2D eigenvalue weighted by atomic mass is 10.2. The van der Waals surface area contributed by atoms with Gasteiger partial charge in [0.25, 0.3) is 5.91 Å². The van der Waals surface area contributed by atoms with E-state index in [4.69, 9.17) is 16.7 Å². The zero-order chi connectivity index (χ0) is 16.3. The SMILES string of the molecule is Cc1nn(CCC(=O)O)c(C)c1NC(=O)c1ccccc1Cl. The molecule has 0 radical (unpaired) electrons. The van der Waals surface area contributed by atoms with Gasteiger partial charge in [-0.2, -0.15) is 5.10 Å². The number of rotatable bonds is 5. The molecule has 1 amide bonds. The van der Waals surface area contributed by atoms with E-state index in [1.165, 1.54) is 0 Å². The number of carboxylic acid groups (broad SMARTS) is 1. The summed E-state index contributed by atoms with van der Waals surface area (Å²) in [5.41, 5.74) is 2.29. The van der Waals surface area contributed by atoms with Gasteiger partial charge >= 0.3 is 5.97 Å². The van der Waals surface area contributed by atoms with Crippen LogP contribution in [-0.4, -0.2) is 26.8 Å². The largest absolute Gasteiger partial charge is 0.481 e. The number of nitrogens with one attached hydrogen (secondary N) is 1. The van der Waals surface area contributed by atoms with Gasteiger partial charge in [-0.3, -0.25) is 14.3 Å². The quantitative estimate of drug-likeness (QED) is 0.886. The number of hydrogen-bond acceptors (Lipinski definition) is 3. The van der Waals surface area contributed by atoms with Crippen molar-refractivity contribution in [2.24, 2.45) is 0 Å². The molecule has 0 atom stereocenters. The Bertz CT molecular complexity index is 725. The highest BCUT2D eigenvalue weighted by molar-refractivity contribution is 6.34. The van der Waals surface area contributed by atoms with Gasteiger partial charge in [0.2, 0.25) is 0 Å². The molecule has 6 nitrogen and oxygen atoms in total. The molecule has 1 aromatic carbocycles. The number of nitrogens with zero attached hydrogens (tertiary/aromatic N) is 2. The Morgan fingerprint density at radius 2 is 2.00 bits per heavy atom. The van der Waals surface area contributed by atoms with Gasteiger partial charge in [0.05, 0.1) is 40.6 Å². The molecule has 0 saturated carbocycles. The molecule has 0 bridgehead atoms. The van der Waals surface area contributed by atoms with Crippen molar-refractivity contribution in [1.29, 1.82) is 0 Å². The summed E-state index contributed by atoms with van der Waals surface area (Å²) in [6, 6.07) is 6.76. The normalized spacial score (nSPS) is 10.5. The predicted molar refractivity (Wildman–Crippen MR) is 83.4 cm³/mol. The lowest BCUT2D eigenvalue weighted by molar-refractivity contribution is -0.137. The summed E-state index contributed by atoms with van der Waals surface area (Å²) in [6.45, 7) is 3.79. The Morgan fingerprint density at radius 1 is 1.32 bits per heavy atom. The summed E-state index contributed by atoms with van der Waals surface area (Å²) in [5.74, 6) is -1.22. The van der Waals surface area contributed by atoms with Crippen LogP contribution in [0.5, 0.6) is 0 Å². The number of amides is 1. The third kappa shape index (κ3) is 3.46. The van der Waals surface area contributed by atoms with E-state index in [0.717, 1.165) is 0 Å². The molecule has 1 aromatic heterocycles. The number of carbonyl (C=O) groups is 2. The first-order chi connectivity index (χ1) is 10.4. The first-order valence-corrected chi connectivity index (χ1v) is 7.09. The van der Waals surface area contributed by atoms with E-state index >= 15 is 0 Å². The van der Waals surface area contributed by atoms with Crippen molar-refractivity contribution in [2.45, 2.75) is 26.8 Å². The number of anilines is 1. The van der Waals surface area contributed by atoms with Crippen LogP contribution >= 0.6 is 11.6 Å². The van der Waals surface area contributed by atoms with Crippen LogP contribution in [0.2, 0.25) is 5.02 Å². The highest BCUT2D eigenvalue weighted by Gasteiger charge is 2.17.